The normalized spacial score (nSPS) is 18.5. The summed E-state index contributed by atoms with van der Waals surface area (Å²) < 4.78 is 1.67. The number of carbonyl (C=O) groups is 1. The Hall–Kier alpha value is -2.63. The van der Waals surface area contributed by atoms with Gasteiger partial charge in [0.25, 0.3) is 5.91 Å². The van der Waals surface area contributed by atoms with E-state index < -0.39 is 0 Å². The number of rotatable bonds is 2. The molecule has 0 aromatic carbocycles. The maximum Gasteiger partial charge on any atom is 0.274 e. The number of likely N-dealkylation sites (tertiary alicyclic amines) is 1. The van der Waals surface area contributed by atoms with Gasteiger partial charge in [-0.1, -0.05) is 0 Å². The third kappa shape index (κ3) is 2.50. The van der Waals surface area contributed by atoms with Crippen LogP contribution in [0.15, 0.2) is 36.8 Å². The molecule has 0 aliphatic carbocycles. The lowest BCUT2D eigenvalue weighted by Gasteiger charge is -2.32. The number of fused-ring (bicyclic) bond motifs is 1. The van der Waals surface area contributed by atoms with Crippen LogP contribution in [-0.4, -0.2) is 43.6 Å². The summed E-state index contributed by atoms with van der Waals surface area (Å²) in [5, 5.41) is 5.39. The molecule has 0 spiro atoms. The van der Waals surface area contributed by atoms with Crippen molar-refractivity contribution in [3.63, 3.8) is 0 Å². The molecule has 0 unspecified atom stereocenters. The number of aryl methyl sites for hydroxylation is 1. The minimum absolute atomic E-state index is 0.0215. The molecule has 1 N–H and O–H groups in total. The quantitative estimate of drug-likeness (QED) is 0.790. The molecule has 0 saturated carbocycles. The van der Waals surface area contributed by atoms with Gasteiger partial charge in [-0.15, -0.1) is 0 Å². The van der Waals surface area contributed by atoms with Gasteiger partial charge in [0, 0.05) is 50.0 Å². The van der Waals surface area contributed by atoms with Gasteiger partial charge in [0.2, 0.25) is 0 Å². The van der Waals surface area contributed by atoms with Crippen LogP contribution >= 0.6 is 0 Å². The van der Waals surface area contributed by atoms with E-state index in [1.165, 1.54) is 5.56 Å². The number of nitrogens with one attached hydrogen (secondary N) is 1. The Morgan fingerprint density at radius 1 is 1.39 bits per heavy atom. The summed E-state index contributed by atoms with van der Waals surface area (Å²) in [6.45, 7) is 1.53. The average molecular weight is 309 g/mol. The SMILES string of the molecule is Cn1ccc(C(=O)N2CCC[C@H](c3c[nH]c4ncccc34)C2)n1. The summed E-state index contributed by atoms with van der Waals surface area (Å²) in [6, 6.07) is 5.83. The van der Waals surface area contributed by atoms with E-state index in [2.05, 4.69) is 21.1 Å². The number of aromatic nitrogens is 4. The van der Waals surface area contributed by atoms with Crippen molar-refractivity contribution in [3.8, 4) is 0 Å². The van der Waals surface area contributed by atoms with Crippen molar-refractivity contribution in [1.82, 2.24) is 24.6 Å². The fraction of sp³-hybridized carbons (Fsp3) is 0.353. The van der Waals surface area contributed by atoms with Gasteiger partial charge in [-0.25, -0.2) is 4.98 Å². The van der Waals surface area contributed by atoms with Crippen molar-refractivity contribution in [2.24, 2.45) is 7.05 Å². The highest BCUT2D eigenvalue weighted by Crippen LogP contribution is 2.31. The van der Waals surface area contributed by atoms with E-state index in [-0.39, 0.29) is 5.91 Å². The van der Waals surface area contributed by atoms with Gasteiger partial charge in [-0.2, -0.15) is 5.10 Å². The van der Waals surface area contributed by atoms with Gasteiger partial charge in [0.05, 0.1) is 0 Å². The van der Waals surface area contributed by atoms with E-state index in [0.717, 1.165) is 37.0 Å². The molecule has 118 valence electrons. The number of H-pyrrole nitrogens is 1. The van der Waals surface area contributed by atoms with E-state index in [1.54, 1.807) is 23.1 Å². The first-order valence-corrected chi connectivity index (χ1v) is 7.93. The lowest BCUT2D eigenvalue weighted by Crippen LogP contribution is -2.39. The molecule has 1 saturated heterocycles. The molecule has 1 fully saturated rings. The number of hydrogen-bond acceptors (Lipinski definition) is 3. The predicted molar refractivity (Wildman–Crippen MR) is 87.2 cm³/mol. The summed E-state index contributed by atoms with van der Waals surface area (Å²) in [6.07, 6.45) is 7.74. The van der Waals surface area contributed by atoms with Crippen molar-refractivity contribution >= 4 is 16.9 Å². The first-order chi connectivity index (χ1) is 11.2. The Kier molecular flexibility index (Phi) is 3.37. The van der Waals surface area contributed by atoms with E-state index in [9.17, 15) is 4.79 Å². The monoisotopic (exact) mass is 309 g/mol. The van der Waals surface area contributed by atoms with Crippen LogP contribution in [-0.2, 0) is 7.05 Å². The maximum absolute atomic E-state index is 12.6. The van der Waals surface area contributed by atoms with Crippen LogP contribution in [0.1, 0.15) is 34.8 Å². The molecule has 6 heteroatoms. The standard InChI is InChI=1S/C17H19N5O/c1-21-9-6-15(20-21)17(23)22-8-3-4-12(11-22)14-10-19-16-13(14)5-2-7-18-16/h2,5-7,9-10,12H,3-4,8,11H2,1H3,(H,18,19)/t12-/m0/s1. The van der Waals surface area contributed by atoms with E-state index in [4.69, 9.17) is 0 Å². The van der Waals surface area contributed by atoms with Crippen molar-refractivity contribution in [1.29, 1.82) is 0 Å². The van der Waals surface area contributed by atoms with Gasteiger partial charge in [-0.3, -0.25) is 9.48 Å². The Labute approximate surface area is 134 Å². The van der Waals surface area contributed by atoms with E-state index >= 15 is 0 Å². The third-order valence-corrected chi connectivity index (χ3v) is 4.56. The van der Waals surface area contributed by atoms with Crippen LogP contribution < -0.4 is 0 Å². The summed E-state index contributed by atoms with van der Waals surface area (Å²) in [7, 11) is 1.83. The van der Waals surface area contributed by atoms with E-state index in [0.29, 0.717) is 11.6 Å². The number of nitrogens with zero attached hydrogens (tertiary/aromatic N) is 4. The first-order valence-electron chi connectivity index (χ1n) is 7.93. The Bertz CT molecular complexity index is 849. The number of carbonyl (C=O) groups excluding carboxylic acids is 1. The first kappa shape index (κ1) is 14.0. The lowest BCUT2D eigenvalue weighted by atomic mass is 9.90. The highest BCUT2D eigenvalue weighted by Gasteiger charge is 2.28. The minimum Gasteiger partial charge on any atom is -0.346 e. The number of amides is 1. The lowest BCUT2D eigenvalue weighted by molar-refractivity contribution is 0.0700. The van der Waals surface area contributed by atoms with Gasteiger partial charge in [0.1, 0.15) is 11.3 Å². The molecule has 3 aromatic rings. The van der Waals surface area contributed by atoms with Crippen LogP contribution in [0, 0.1) is 0 Å². The molecule has 1 aliphatic heterocycles. The summed E-state index contributed by atoms with van der Waals surface area (Å²) in [5.41, 5.74) is 2.69. The highest BCUT2D eigenvalue weighted by molar-refractivity contribution is 5.92. The van der Waals surface area contributed by atoms with Crippen LogP contribution in [0.25, 0.3) is 11.0 Å². The second-order valence-corrected chi connectivity index (χ2v) is 6.11. The second-order valence-electron chi connectivity index (χ2n) is 6.11. The van der Waals surface area contributed by atoms with Crippen LogP contribution in [0.3, 0.4) is 0 Å². The van der Waals surface area contributed by atoms with Crippen LogP contribution in [0.4, 0.5) is 0 Å². The topological polar surface area (TPSA) is 66.8 Å². The molecule has 4 rings (SSSR count). The fourth-order valence-electron chi connectivity index (χ4n) is 3.42. The number of pyridine rings is 1. The number of aromatic amines is 1. The average Bonchev–Trinajstić information content (AvgIpc) is 3.20. The summed E-state index contributed by atoms with van der Waals surface area (Å²) in [4.78, 5) is 22.1. The van der Waals surface area contributed by atoms with E-state index in [1.807, 2.05) is 24.2 Å². The number of hydrogen-bond donors (Lipinski definition) is 1. The zero-order valence-electron chi connectivity index (χ0n) is 13.1. The molecule has 3 aromatic heterocycles. The minimum atomic E-state index is 0.0215. The Morgan fingerprint density at radius 3 is 3.13 bits per heavy atom. The van der Waals surface area contributed by atoms with Crippen molar-refractivity contribution in [2.75, 3.05) is 13.1 Å². The molecule has 0 bridgehead atoms. The smallest absolute Gasteiger partial charge is 0.274 e. The molecule has 4 heterocycles. The van der Waals surface area contributed by atoms with Gasteiger partial charge >= 0.3 is 0 Å². The maximum atomic E-state index is 12.6. The Balaban J connectivity index is 1.58. The molecular weight excluding hydrogens is 290 g/mol. The molecule has 0 radical (unpaired) electrons. The Morgan fingerprint density at radius 2 is 2.30 bits per heavy atom. The zero-order valence-corrected chi connectivity index (χ0v) is 13.1. The molecule has 23 heavy (non-hydrogen) atoms. The van der Waals surface area contributed by atoms with Crippen LogP contribution in [0.2, 0.25) is 0 Å². The van der Waals surface area contributed by atoms with Gasteiger partial charge in [-0.05, 0) is 36.6 Å². The van der Waals surface area contributed by atoms with Crippen LogP contribution in [0.5, 0.6) is 0 Å². The third-order valence-electron chi connectivity index (χ3n) is 4.56. The second kappa shape index (κ2) is 5.53. The predicted octanol–water partition coefficient (Wildman–Crippen LogP) is 2.32. The molecular formula is C17H19N5O. The zero-order chi connectivity index (χ0) is 15.8. The molecule has 1 amide bonds. The molecule has 1 atom stereocenters. The van der Waals surface area contributed by atoms with Gasteiger partial charge < -0.3 is 9.88 Å². The molecule has 6 nitrogen and oxygen atoms in total. The van der Waals surface area contributed by atoms with Crippen molar-refractivity contribution in [3.05, 3.63) is 48.0 Å². The largest absolute Gasteiger partial charge is 0.346 e. The van der Waals surface area contributed by atoms with Crippen molar-refractivity contribution in [2.45, 2.75) is 18.8 Å². The number of piperidine rings is 1. The van der Waals surface area contributed by atoms with Crippen molar-refractivity contribution < 1.29 is 4.79 Å². The fourth-order valence-corrected chi connectivity index (χ4v) is 3.42. The highest BCUT2D eigenvalue weighted by atomic mass is 16.2. The summed E-state index contributed by atoms with van der Waals surface area (Å²) in [5.74, 6) is 0.364. The molecule has 1 aliphatic rings. The van der Waals surface area contributed by atoms with Gasteiger partial charge in [0.15, 0.2) is 0 Å². The summed E-state index contributed by atoms with van der Waals surface area (Å²) >= 11 is 0.